The van der Waals surface area contributed by atoms with Gasteiger partial charge in [0.15, 0.2) is 0 Å². The van der Waals surface area contributed by atoms with E-state index in [9.17, 15) is 4.79 Å². The minimum Gasteiger partial charge on any atom is -0.364 e. The summed E-state index contributed by atoms with van der Waals surface area (Å²) in [5.41, 5.74) is 0.705. The van der Waals surface area contributed by atoms with Crippen molar-refractivity contribution in [2.24, 2.45) is 0 Å². The Morgan fingerprint density at radius 3 is 3.31 bits per heavy atom. The van der Waals surface area contributed by atoms with Gasteiger partial charge in [0.25, 0.3) is 0 Å². The van der Waals surface area contributed by atoms with Gasteiger partial charge in [-0.05, 0) is 19.9 Å². The number of likely N-dealkylation sites (N-methyl/N-ethyl adjacent to an activating group) is 1. The van der Waals surface area contributed by atoms with Crippen LogP contribution in [-0.4, -0.2) is 42.1 Å². The van der Waals surface area contributed by atoms with Crippen LogP contribution in [0, 0.1) is 0 Å². The van der Waals surface area contributed by atoms with Gasteiger partial charge in [0.2, 0.25) is 5.91 Å². The number of carbonyl (C=O) groups is 1. The summed E-state index contributed by atoms with van der Waals surface area (Å²) < 4.78 is 4.71. The van der Waals surface area contributed by atoms with Crippen LogP contribution in [0.4, 0.5) is 0 Å². The molecule has 0 saturated carbocycles. The van der Waals surface area contributed by atoms with Crippen LogP contribution < -0.4 is 5.32 Å². The first-order valence-electron chi connectivity index (χ1n) is 5.64. The molecule has 5 nitrogen and oxygen atoms in total. The Bertz CT molecular complexity index is 337. The standard InChI is InChI=1S/C11H17N3O2/c1-12-10-3-2-5-14(8-10)11(15)7-9-4-6-16-13-9/h4,6,10,12H,2-3,5,7-8H2,1H3. The lowest BCUT2D eigenvalue weighted by Crippen LogP contribution is -2.47. The Morgan fingerprint density at radius 1 is 1.75 bits per heavy atom. The lowest BCUT2D eigenvalue weighted by atomic mass is 10.1. The fourth-order valence-corrected chi connectivity index (χ4v) is 2.03. The first-order valence-corrected chi connectivity index (χ1v) is 5.64. The molecular formula is C11H17N3O2. The number of rotatable bonds is 3. The molecule has 1 saturated heterocycles. The third-order valence-electron chi connectivity index (χ3n) is 3.01. The highest BCUT2D eigenvalue weighted by molar-refractivity contribution is 5.78. The molecule has 0 aliphatic carbocycles. The van der Waals surface area contributed by atoms with Gasteiger partial charge in [-0.25, -0.2) is 0 Å². The highest BCUT2D eigenvalue weighted by Crippen LogP contribution is 2.11. The van der Waals surface area contributed by atoms with Gasteiger partial charge in [0.1, 0.15) is 6.26 Å². The number of hydrogen-bond acceptors (Lipinski definition) is 4. The van der Waals surface area contributed by atoms with Crippen molar-refractivity contribution in [2.45, 2.75) is 25.3 Å². The molecule has 1 aromatic heterocycles. The van der Waals surface area contributed by atoms with Gasteiger partial charge in [-0.2, -0.15) is 0 Å². The quantitative estimate of drug-likeness (QED) is 0.807. The van der Waals surface area contributed by atoms with E-state index in [1.807, 2.05) is 11.9 Å². The second-order valence-electron chi connectivity index (χ2n) is 4.14. The van der Waals surface area contributed by atoms with Crippen molar-refractivity contribution in [3.8, 4) is 0 Å². The highest BCUT2D eigenvalue weighted by Gasteiger charge is 2.22. The van der Waals surface area contributed by atoms with Crippen molar-refractivity contribution in [1.29, 1.82) is 0 Å². The minimum atomic E-state index is 0.133. The summed E-state index contributed by atoms with van der Waals surface area (Å²) in [6.45, 7) is 1.65. The van der Waals surface area contributed by atoms with Crippen LogP contribution in [0.5, 0.6) is 0 Å². The molecule has 88 valence electrons. The molecule has 1 aromatic rings. The lowest BCUT2D eigenvalue weighted by Gasteiger charge is -2.32. The molecule has 1 unspecified atom stereocenters. The van der Waals surface area contributed by atoms with E-state index in [4.69, 9.17) is 4.52 Å². The SMILES string of the molecule is CNC1CCCN(C(=O)Cc2ccon2)C1. The van der Waals surface area contributed by atoms with Crippen molar-refractivity contribution in [3.63, 3.8) is 0 Å². The molecule has 16 heavy (non-hydrogen) atoms. The number of likely N-dealkylation sites (tertiary alicyclic amines) is 1. The van der Waals surface area contributed by atoms with Crippen LogP contribution in [0.25, 0.3) is 0 Å². The van der Waals surface area contributed by atoms with E-state index in [1.165, 1.54) is 6.26 Å². The van der Waals surface area contributed by atoms with Crippen molar-refractivity contribution in [1.82, 2.24) is 15.4 Å². The molecule has 1 fully saturated rings. The molecule has 1 aliphatic heterocycles. The maximum atomic E-state index is 11.9. The summed E-state index contributed by atoms with van der Waals surface area (Å²) in [7, 11) is 1.94. The first-order chi connectivity index (χ1) is 7.79. The van der Waals surface area contributed by atoms with E-state index in [1.54, 1.807) is 6.07 Å². The Balaban J connectivity index is 1.89. The zero-order valence-electron chi connectivity index (χ0n) is 9.48. The number of piperidine rings is 1. The van der Waals surface area contributed by atoms with Crippen LogP contribution in [-0.2, 0) is 11.2 Å². The number of nitrogens with zero attached hydrogens (tertiary/aromatic N) is 2. The zero-order valence-corrected chi connectivity index (χ0v) is 9.48. The van der Waals surface area contributed by atoms with E-state index < -0.39 is 0 Å². The Labute approximate surface area is 94.8 Å². The first kappa shape index (κ1) is 11.1. The molecule has 1 atom stereocenters. The fourth-order valence-electron chi connectivity index (χ4n) is 2.03. The summed E-state index contributed by atoms with van der Waals surface area (Å²) in [5, 5.41) is 6.97. The van der Waals surface area contributed by atoms with E-state index in [0.717, 1.165) is 25.9 Å². The van der Waals surface area contributed by atoms with Crippen molar-refractivity contribution < 1.29 is 9.32 Å². The van der Waals surface area contributed by atoms with Crippen LogP contribution in [0.2, 0.25) is 0 Å². The average Bonchev–Trinajstić information content (AvgIpc) is 2.82. The molecule has 5 heteroatoms. The molecule has 0 radical (unpaired) electrons. The molecule has 0 aromatic carbocycles. The third-order valence-corrected chi connectivity index (χ3v) is 3.01. The summed E-state index contributed by atoms with van der Waals surface area (Å²) in [6, 6.07) is 2.16. The molecule has 0 spiro atoms. The second kappa shape index (κ2) is 5.12. The molecule has 0 bridgehead atoms. The number of nitrogens with one attached hydrogen (secondary N) is 1. The maximum Gasteiger partial charge on any atom is 0.228 e. The van der Waals surface area contributed by atoms with E-state index in [2.05, 4.69) is 10.5 Å². The number of aromatic nitrogens is 1. The van der Waals surface area contributed by atoms with Crippen LogP contribution in [0.3, 0.4) is 0 Å². The molecule has 2 rings (SSSR count). The smallest absolute Gasteiger partial charge is 0.228 e. The average molecular weight is 223 g/mol. The zero-order chi connectivity index (χ0) is 11.4. The van der Waals surface area contributed by atoms with Gasteiger partial charge in [-0.15, -0.1) is 0 Å². The third kappa shape index (κ3) is 2.61. The van der Waals surface area contributed by atoms with Crippen LogP contribution in [0.1, 0.15) is 18.5 Å². The van der Waals surface area contributed by atoms with Gasteiger partial charge in [-0.3, -0.25) is 4.79 Å². The predicted octanol–water partition coefficient (Wildman–Crippen LogP) is 0.427. The van der Waals surface area contributed by atoms with Gasteiger partial charge in [0.05, 0.1) is 12.1 Å². The Kier molecular flexibility index (Phi) is 3.56. The number of amides is 1. The van der Waals surface area contributed by atoms with Gasteiger partial charge >= 0.3 is 0 Å². The van der Waals surface area contributed by atoms with Crippen molar-refractivity contribution >= 4 is 5.91 Å². The summed E-state index contributed by atoms with van der Waals surface area (Å²) in [6.07, 6.45) is 4.04. The van der Waals surface area contributed by atoms with E-state index >= 15 is 0 Å². The topological polar surface area (TPSA) is 58.4 Å². The van der Waals surface area contributed by atoms with Crippen molar-refractivity contribution in [3.05, 3.63) is 18.0 Å². The van der Waals surface area contributed by atoms with E-state index in [0.29, 0.717) is 18.2 Å². The number of carbonyl (C=O) groups excluding carboxylic acids is 1. The lowest BCUT2D eigenvalue weighted by molar-refractivity contribution is -0.131. The molecule has 1 N–H and O–H groups in total. The molecule has 1 aliphatic rings. The summed E-state index contributed by atoms with van der Waals surface area (Å²) in [4.78, 5) is 13.8. The normalized spacial score (nSPS) is 21.1. The molecule has 2 heterocycles. The maximum absolute atomic E-state index is 11.9. The van der Waals surface area contributed by atoms with Gasteiger partial charge in [-0.1, -0.05) is 5.16 Å². The van der Waals surface area contributed by atoms with Crippen LogP contribution >= 0.6 is 0 Å². The molecule has 1 amide bonds. The second-order valence-corrected chi connectivity index (χ2v) is 4.14. The Morgan fingerprint density at radius 2 is 2.62 bits per heavy atom. The largest absolute Gasteiger partial charge is 0.364 e. The van der Waals surface area contributed by atoms with Gasteiger partial charge < -0.3 is 14.7 Å². The molecular weight excluding hydrogens is 206 g/mol. The summed E-state index contributed by atoms with van der Waals surface area (Å²) in [5.74, 6) is 0.133. The van der Waals surface area contributed by atoms with E-state index in [-0.39, 0.29) is 5.91 Å². The minimum absolute atomic E-state index is 0.133. The summed E-state index contributed by atoms with van der Waals surface area (Å²) >= 11 is 0. The highest BCUT2D eigenvalue weighted by atomic mass is 16.5. The van der Waals surface area contributed by atoms with Gasteiger partial charge in [0, 0.05) is 25.2 Å². The van der Waals surface area contributed by atoms with Crippen LogP contribution in [0.15, 0.2) is 16.9 Å². The van der Waals surface area contributed by atoms with Crippen molar-refractivity contribution in [2.75, 3.05) is 20.1 Å². The number of hydrogen-bond donors (Lipinski definition) is 1. The Hall–Kier alpha value is -1.36. The monoisotopic (exact) mass is 223 g/mol. The fraction of sp³-hybridized carbons (Fsp3) is 0.636. The predicted molar refractivity (Wildman–Crippen MR) is 58.9 cm³/mol.